The van der Waals surface area contributed by atoms with E-state index in [1.807, 2.05) is 0 Å². The number of anilines is 1. The maximum absolute atomic E-state index is 11.1. The number of sulfone groups is 1. The van der Waals surface area contributed by atoms with Crippen molar-refractivity contribution in [2.24, 2.45) is 0 Å². The molecule has 9 heteroatoms. The van der Waals surface area contributed by atoms with E-state index in [2.05, 4.69) is 20.8 Å². The number of methoxy groups -OCH3 is 1. The SMILES string of the molecule is COCCNCc1nnc(NC(C)CS(C)(=O)=O)o1. The van der Waals surface area contributed by atoms with Gasteiger partial charge in [-0.05, 0) is 6.92 Å². The minimum Gasteiger partial charge on any atom is -0.407 e. The van der Waals surface area contributed by atoms with Gasteiger partial charge < -0.3 is 19.8 Å². The molecule has 0 saturated heterocycles. The fourth-order valence-electron chi connectivity index (χ4n) is 1.46. The summed E-state index contributed by atoms with van der Waals surface area (Å²) in [6.45, 7) is 3.47. The normalized spacial score (nSPS) is 13.4. The van der Waals surface area contributed by atoms with E-state index in [0.717, 1.165) is 0 Å². The first kappa shape index (κ1) is 15.9. The lowest BCUT2D eigenvalue weighted by atomic mass is 10.4. The van der Waals surface area contributed by atoms with Crippen molar-refractivity contribution < 1.29 is 17.6 Å². The van der Waals surface area contributed by atoms with Gasteiger partial charge in [-0.15, -0.1) is 5.10 Å². The van der Waals surface area contributed by atoms with E-state index >= 15 is 0 Å². The quantitative estimate of drug-likeness (QED) is 0.595. The lowest BCUT2D eigenvalue weighted by Crippen LogP contribution is -2.25. The van der Waals surface area contributed by atoms with Gasteiger partial charge in [0.2, 0.25) is 5.89 Å². The molecular weight excluding hydrogens is 272 g/mol. The molecule has 1 rings (SSSR count). The lowest BCUT2D eigenvalue weighted by molar-refractivity contribution is 0.198. The molecule has 8 nitrogen and oxygen atoms in total. The van der Waals surface area contributed by atoms with Crippen molar-refractivity contribution in [3.05, 3.63) is 5.89 Å². The molecule has 1 aromatic rings. The average molecular weight is 292 g/mol. The van der Waals surface area contributed by atoms with E-state index in [1.54, 1.807) is 14.0 Å². The summed E-state index contributed by atoms with van der Waals surface area (Å²) in [5, 5.41) is 13.5. The Balaban J connectivity index is 2.37. The molecule has 0 spiro atoms. The lowest BCUT2D eigenvalue weighted by Gasteiger charge is -2.09. The third-order valence-corrected chi connectivity index (χ3v) is 3.25. The number of nitrogens with zero attached hydrogens (tertiary/aromatic N) is 2. The van der Waals surface area contributed by atoms with Gasteiger partial charge in [-0.25, -0.2) is 8.42 Å². The standard InChI is InChI=1S/C10H20N4O4S/c1-8(7-19(3,15)16)12-10-14-13-9(18-10)6-11-4-5-17-2/h8,11H,4-7H2,1-3H3,(H,12,14). The van der Waals surface area contributed by atoms with E-state index < -0.39 is 9.84 Å². The molecule has 1 unspecified atom stereocenters. The van der Waals surface area contributed by atoms with Crippen LogP contribution in [-0.2, 0) is 21.1 Å². The third-order valence-electron chi connectivity index (χ3n) is 2.15. The van der Waals surface area contributed by atoms with Crippen molar-refractivity contribution in [2.75, 3.05) is 37.6 Å². The van der Waals surface area contributed by atoms with E-state index in [9.17, 15) is 8.42 Å². The van der Waals surface area contributed by atoms with Gasteiger partial charge in [0.1, 0.15) is 9.84 Å². The second-order valence-electron chi connectivity index (χ2n) is 4.31. The van der Waals surface area contributed by atoms with Crippen LogP contribution in [0, 0.1) is 0 Å². The molecule has 0 aliphatic rings. The molecule has 2 N–H and O–H groups in total. The van der Waals surface area contributed by atoms with E-state index in [0.29, 0.717) is 25.6 Å². The Bertz CT molecular complexity index is 474. The van der Waals surface area contributed by atoms with Crippen LogP contribution >= 0.6 is 0 Å². The summed E-state index contributed by atoms with van der Waals surface area (Å²) in [5.41, 5.74) is 0. The molecule has 0 bridgehead atoms. The van der Waals surface area contributed by atoms with Gasteiger partial charge in [0, 0.05) is 26.0 Å². The predicted molar refractivity (Wildman–Crippen MR) is 70.7 cm³/mol. The summed E-state index contributed by atoms with van der Waals surface area (Å²) < 4.78 is 32.4. The van der Waals surface area contributed by atoms with Crippen LogP contribution in [0.1, 0.15) is 12.8 Å². The average Bonchev–Trinajstić information content (AvgIpc) is 2.69. The van der Waals surface area contributed by atoms with Crippen molar-refractivity contribution in [1.29, 1.82) is 0 Å². The molecule has 1 heterocycles. The van der Waals surface area contributed by atoms with Crippen LogP contribution < -0.4 is 10.6 Å². The van der Waals surface area contributed by atoms with Gasteiger partial charge in [-0.1, -0.05) is 5.10 Å². The molecule has 0 aliphatic heterocycles. The van der Waals surface area contributed by atoms with Gasteiger partial charge in [-0.2, -0.15) is 0 Å². The molecule has 1 atom stereocenters. The summed E-state index contributed by atoms with van der Waals surface area (Å²) in [6, 6.07) is -0.0653. The van der Waals surface area contributed by atoms with Gasteiger partial charge in [0.25, 0.3) is 0 Å². The second kappa shape index (κ2) is 7.41. The number of hydrogen-bond acceptors (Lipinski definition) is 8. The zero-order valence-corrected chi connectivity index (χ0v) is 12.2. The summed E-state index contributed by atoms with van der Waals surface area (Å²) in [6.07, 6.45) is 1.18. The van der Waals surface area contributed by atoms with Gasteiger partial charge in [0.15, 0.2) is 0 Å². The van der Waals surface area contributed by atoms with Crippen molar-refractivity contribution in [3.63, 3.8) is 0 Å². The van der Waals surface area contributed by atoms with E-state index in [-0.39, 0.29) is 17.8 Å². The molecule has 0 amide bonds. The van der Waals surface area contributed by atoms with Crippen molar-refractivity contribution in [2.45, 2.75) is 19.5 Å². The number of nitrogens with one attached hydrogen (secondary N) is 2. The van der Waals surface area contributed by atoms with Crippen molar-refractivity contribution in [1.82, 2.24) is 15.5 Å². The molecule has 0 radical (unpaired) electrons. The molecular formula is C10H20N4O4S. The number of aromatic nitrogens is 2. The fourth-order valence-corrected chi connectivity index (χ4v) is 2.45. The van der Waals surface area contributed by atoms with Crippen LogP contribution in [0.3, 0.4) is 0 Å². The monoisotopic (exact) mass is 292 g/mol. The maximum Gasteiger partial charge on any atom is 0.315 e. The number of rotatable bonds is 9. The highest BCUT2D eigenvalue weighted by atomic mass is 32.2. The smallest absolute Gasteiger partial charge is 0.315 e. The van der Waals surface area contributed by atoms with E-state index in [4.69, 9.17) is 9.15 Å². The number of hydrogen-bond donors (Lipinski definition) is 2. The Hall–Kier alpha value is -1.19. The largest absolute Gasteiger partial charge is 0.407 e. The van der Waals surface area contributed by atoms with Crippen LogP contribution in [-0.4, -0.2) is 56.9 Å². The van der Waals surface area contributed by atoms with Crippen LogP contribution in [0.25, 0.3) is 0 Å². The minimum absolute atomic E-state index is 0.0107. The first-order valence-electron chi connectivity index (χ1n) is 5.87. The first-order chi connectivity index (χ1) is 8.90. The molecule has 1 aromatic heterocycles. The summed E-state index contributed by atoms with van der Waals surface area (Å²) >= 11 is 0. The zero-order chi connectivity index (χ0) is 14.3. The minimum atomic E-state index is -3.04. The Morgan fingerprint density at radius 1 is 1.42 bits per heavy atom. The van der Waals surface area contributed by atoms with Crippen molar-refractivity contribution in [3.8, 4) is 0 Å². The van der Waals surface area contributed by atoms with Crippen LogP contribution in [0.5, 0.6) is 0 Å². The van der Waals surface area contributed by atoms with Crippen molar-refractivity contribution >= 4 is 15.9 Å². The van der Waals surface area contributed by atoms with Gasteiger partial charge in [0.05, 0.1) is 18.9 Å². The fraction of sp³-hybridized carbons (Fsp3) is 0.800. The van der Waals surface area contributed by atoms with Crippen LogP contribution in [0.4, 0.5) is 6.01 Å². The molecule has 0 fully saturated rings. The first-order valence-corrected chi connectivity index (χ1v) is 7.93. The highest BCUT2D eigenvalue weighted by Crippen LogP contribution is 2.07. The Labute approximate surface area is 112 Å². The molecule has 0 saturated carbocycles. The summed E-state index contributed by atoms with van der Waals surface area (Å²) in [5.74, 6) is 0.446. The van der Waals surface area contributed by atoms with Gasteiger partial charge in [-0.3, -0.25) is 0 Å². The molecule has 110 valence electrons. The highest BCUT2D eigenvalue weighted by molar-refractivity contribution is 7.90. The Kier molecular flexibility index (Phi) is 6.19. The summed E-state index contributed by atoms with van der Waals surface area (Å²) in [4.78, 5) is 0. The molecule has 0 aliphatic carbocycles. The Morgan fingerprint density at radius 3 is 2.79 bits per heavy atom. The highest BCUT2D eigenvalue weighted by Gasteiger charge is 2.13. The topological polar surface area (TPSA) is 106 Å². The van der Waals surface area contributed by atoms with Crippen LogP contribution in [0.15, 0.2) is 4.42 Å². The second-order valence-corrected chi connectivity index (χ2v) is 6.49. The maximum atomic E-state index is 11.1. The number of ether oxygens (including phenoxy) is 1. The summed E-state index contributed by atoms with van der Waals surface area (Å²) in [7, 11) is -1.41. The van der Waals surface area contributed by atoms with Gasteiger partial charge >= 0.3 is 6.01 Å². The third kappa shape index (κ3) is 7.09. The predicted octanol–water partition coefficient (Wildman–Crippen LogP) is -0.349. The molecule has 19 heavy (non-hydrogen) atoms. The zero-order valence-electron chi connectivity index (χ0n) is 11.3. The van der Waals surface area contributed by atoms with E-state index in [1.165, 1.54) is 6.26 Å². The molecule has 0 aromatic carbocycles. The van der Waals surface area contributed by atoms with Crippen LogP contribution in [0.2, 0.25) is 0 Å². The Morgan fingerprint density at radius 2 is 2.16 bits per heavy atom.